The van der Waals surface area contributed by atoms with Gasteiger partial charge in [0.15, 0.2) is 0 Å². The first-order chi connectivity index (χ1) is 11.9. The molecule has 1 aromatic rings. The number of carbonyl (C=O) groups excluding carboxylic acids is 1. The monoisotopic (exact) mass is 359 g/mol. The van der Waals surface area contributed by atoms with E-state index in [2.05, 4.69) is 4.98 Å². The lowest BCUT2D eigenvalue weighted by molar-refractivity contribution is -0.151. The molecule has 1 aromatic heterocycles. The Bertz CT molecular complexity index is 569. The molecule has 0 radical (unpaired) electrons. The van der Waals surface area contributed by atoms with Crippen LogP contribution in [0, 0.1) is 11.8 Å². The van der Waals surface area contributed by atoms with Gasteiger partial charge in [0.1, 0.15) is 11.3 Å². The van der Waals surface area contributed by atoms with Gasteiger partial charge >= 0.3 is 12.1 Å². The Hall–Kier alpha value is -1.79. The number of hydrogen-bond donors (Lipinski definition) is 0. The van der Waals surface area contributed by atoms with Crippen LogP contribution >= 0.6 is 0 Å². The maximum absolute atomic E-state index is 13.0. The molecule has 1 atom stereocenters. The highest BCUT2D eigenvalue weighted by molar-refractivity contribution is 5.72. The average molecular weight is 359 g/mol. The van der Waals surface area contributed by atoms with E-state index in [0.29, 0.717) is 25.9 Å². The largest absolute Gasteiger partial charge is 0.490 e. The van der Waals surface area contributed by atoms with Crippen LogP contribution in [0.25, 0.3) is 0 Å². The van der Waals surface area contributed by atoms with E-state index in [1.807, 2.05) is 6.92 Å². The van der Waals surface area contributed by atoms with Crippen LogP contribution in [0.5, 0.6) is 5.75 Å². The molecule has 0 aliphatic heterocycles. The summed E-state index contributed by atoms with van der Waals surface area (Å²) in [6, 6.07) is 1.25. The van der Waals surface area contributed by atoms with Gasteiger partial charge in [-0.1, -0.05) is 6.92 Å². The van der Waals surface area contributed by atoms with Crippen molar-refractivity contribution < 1.29 is 27.4 Å². The number of pyridine rings is 1. The number of esters is 1. The summed E-state index contributed by atoms with van der Waals surface area (Å²) in [7, 11) is 0. The van der Waals surface area contributed by atoms with E-state index in [-0.39, 0.29) is 29.7 Å². The molecular weight excluding hydrogens is 335 g/mol. The summed E-state index contributed by atoms with van der Waals surface area (Å²) in [4.78, 5) is 15.6. The van der Waals surface area contributed by atoms with Crippen LogP contribution in [0.15, 0.2) is 18.5 Å². The highest BCUT2D eigenvalue weighted by atomic mass is 19.4. The molecule has 1 heterocycles. The minimum Gasteiger partial charge on any atom is -0.490 e. The second-order valence-corrected chi connectivity index (χ2v) is 6.29. The second-order valence-electron chi connectivity index (χ2n) is 6.29. The number of halogens is 3. The molecule has 0 N–H and O–H groups in total. The summed E-state index contributed by atoms with van der Waals surface area (Å²) >= 11 is 0. The predicted octanol–water partition coefficient (Wildman–Crippen LogP) is 4.63. The van der Waals surface area contributed by atoms with E-state index in [9.17, 15) is 18.0 Å². The SMILES string of the molecule is CCOC(=O)C(CC)C1CCC(Oc2ccncc2C(F)(F)F)CC1. The normalized spacial score (nSPS) is 22.3. The van der Waals surface area contributed by atoms with Crippen molar-refractivity contribution in [3.8, 4) is 5.75 Å². The standard InChI is InChI=1S/C18H24F3NO3/c1-3-14(17(23)24-4-2)12-5-7-13(8-6-12)25-16-9-10-22-11-15(16)18(19,20)21/h9-14H,3-8H2,1-2H3. The Morgan fingerprint density at radius 1 is 1.28 bits per heavy atom. The Morgan fingerprint density at radius 3 is 2.52 bits per heavy atom. The summed E-state index contributed by atoms with van der Waals surface area (Å²) in [5.41, 5.74) is -0.852. The lowest BCUT2D eigenvalue weighted by Crippen LogP contribution is -2.32. The highest BCUT2D eigenvalue weighted by Gasteiger charge is 2.36. The third-order valence-electron chi connectivity index (χ3n) is 4.70. The van der Waals surface area contributed by atoms with Gasteiger partial charge in [-0.15, -0.1) is 0 Å². The first kappa shape index (κ1) is 19.5. The Morgan fingerprint density at radius 2 is 1.96 bits per heavy atom. The molecule has 1 saturated carbocycles. The Balaban J connectivity index is 1.96. The van der Waals surface area contributed by atoms with Crippen LogP contribution in [-0.2, 0) is 15.7 Å². The second kappa shape index (κ2) is 8.54. The molecule has 0 amide bonds. The number of nitrogens with zero attached hydrogens (tertiary/aromatic N) is 1. The zero-order chi connectivity index (χ0) is 18.4. The number of rotatable bonds is 6. The molecule has 1 aliphatic rings. The van der Waals surface area contributed by atoms with Crippen molar-refractivity contribution >= 4 is 5.97 Å². The molecule has 0 bridgehead atoms. The smallest absolute Gasteiger partial charge is 0.421 e. The lowest BCUT2D eigenvalue weighted by atomic mass is 9.78. The van der Waals surface area contributed by atoms with Crippen molar-refractivity contribution in [2.45, 2.75) is 58.2 Å². The van der Waals surface area contributed by atoms with Gasteiger partial charge in [0.05, 0.1) is 18.6 Å². The number of hydrogen-bond acceptors (Lipinski definition) is 4. The van der Waals surface area contributed by atoms with E-state index in [1.54, 1.807) is 6.92 Å². The molecule has 1 fully saturated rings. The third-order valence-corrected chi connectivity index (χ3v) is 4.70. The van der Waals surface area contributed by atoms with Gasteiger partial charge in [-0.2, -0.15) is 13.2 Å². The van der Waals surface area contributed by atoms with Crippen LogP contribution in [-0.4, -0.2) is 23.7 Å². The van der Waals surface area contributed by atoms with Gasteiger partial charge in [0.25, 0.3) is 0 Å². The van der Waals surface area contributed by atoms with Gasteiger partial charge in [-0.25, -0.2) is 0 Å². The summed E-state index contributed by atoms with van der Waals surface area (Å²) in [6.07, 6.45) is 0.761. The average Bonchev–Trinajstić information content (AvgIpc) is 2.57. The predicted molar refractivity (Wildman–Crippen MR) is 86.0 cm³/mol. The Labute approximate surface area is 145 Å². The van der Waals surface area contributed by atoms with Crippen LogP contribution in [0.2, 0.25) is 0 Å². The van der Waals surface area contributed by atoms with E-state index >= 15 is 0 Å². The molecule has 1 aliphatic carbocycles. The van der Waals surface area contributed by atoms with Gasteiger partial charge in [0.2, 0.25) is 0 Å². The molecule has 0 saturated heterocycles. The molecule has 0 aromatic carbocycles. The van der Waals surface area contributed by atoms with Crippen molar-refractivity contribution in [3.63, 3.8) is 0 Å². The summed E-state index contributed by atoms with van der Waals surface area (Å²) in [5.74, 6) is -0.303. The van der Waals surface area contributed by atoms with Crippen molar-refractivity contribution in [1.29, 1.82) is 0 Å². The fraction of sp³-hybridized carbons (Fsp3) is 0.667. The first-order valence-electron chi connectivity index (χ1n) is 8.71. The van der Waals surface area contributed by atoms with Crippen molar-refractivity contribution in [2.75, 3.05) is 6.61 Å². The van der Waals surface area contributed by atoms with Gasteiger partial charge in [0, 0.05) is 12.4 Å². The molecular formula is C18H24F3NO3. The zero-order valence-corrected chi connectivity index (χ0v) is 14.5. The number of ether oxygens (including phenoxy) is 2. The fourth-order valence-corrected chi connectivity index (χ4v) is 3.43. The molecule has 7 heteroatoms. The molecule has 4 nitrogen and oxygen atoms in total. The highest BCUT2D eigenvalue weighted by Crippen LogP contribution is 2.38. The zero-order valence-electron chi connectivity index (χ0n) is 14.5. The minimum absolute atomic E-state index is 0.146. The summed E-state index contributed by atoms with van der Waals surface area (Å²) in [6.45, 7) is 4.09. The van der Waals surface area contributed by atoms with Crippen LogP contribution in [0.3, 0.4) is 0 Å². The maximum Gasteiger partial charge on any atom is 0.421 e. The quantitative estimate of drug-likeness (QED) is 0.695. The van der Waals surface area contributed by atoms with Gasteiger partial charge in [-0.3, -0.25) is 9.78 Å². The molecule has 1 unspecified atom stereocenters. The van der Waals surface area contributed by atoms with Crippen molar-refractivity contribution in [1.82, 2.24) is 4.98 Å². The first-order valence-corrected chi connectivity index (χ1v) is 8.71. The number of carbonyl (C=O) groups is 1. The summed E-state index contributed by atoms with van der Waals surface area (Å²) in [5, 5.41) is 0. The van der Waals surface area contributed by atoms with E-state index in [4.69, 9.17) is 9.47 Å². The number of alkyl halides is 3. The molecule has 2 rings (SSSR count). The topological polar surface area (TPSA) is 48.4 Å². The van der Waals surface area contributed by atoms with Crippen molar-refractivity contribution in [3.05, 3.63) is 24.0 Å². The van der Waals surface area contributed by atoms with E-state index in [1.165, 1.54) is 12.3 Å². The minimum atomic E-state index is -4.49. The molecule has 25 heavy (non-hydrogen) atoms. The van der Waals surface area contributed by atoms with E-state index < -0.39 is 11.7 Å². The van der Waals surface area contributed by atoms with Gasteiger partial charge in [-0.05, 0) is 51.0 Å². The van der Waals surface area contributed by atoms with Crippen LogP contribution in [0.4, 0.5) is 13.2 Å². The third kappa shape index (κ3) is 5.09. The summed E-state index contributed by atoms with van der Waals surface area (Å²) < 4.78 is 49.7. The molecule has 140 valence electrons. The van der Waals surface area contributed by atoms with E-state index in [0.717, 1.165) is 19.0 Å². The van der Waals surface area contributed by atoms with Crippen LogP contribution < -0.4 is 4.74 Å². The van der Waals surface area contributed by atoms with Crippen molar-refractivity contribution in [2.24, 2.45) is 11.8 Å². The lowest BCUT2D eigenvalue weighted by Gasteiger charge is -2.33. The maximum atomic E-state index is 13.0. The molecule has 0 spiro atoms. The fourth-order valence-electron chi connectivity index (χ4n) is 3.43. The number of aromatic nitrogens is 1. The van der Waals surface area contributed by atoms with Gasteiger partial charge < -0.3 is 9.47 Å². The van der Waals surface area contributed by atoms with Crippen LogP contribution in [0.1, 0.15) is 51.5 Å². The Kier molecular flexibility index (Phi) is 6.67.